The normalized spacial score (nSPS) is 12.2. The number of aryl methyl sites for hydroxylation is 1. The van der Waals surface area contributed by atoms with Crippen LogP contribution in [0.4, 0.5) is 5.69 Å². The molecule has 0 bridgehead atoms. The lowest BCUT2D eigenvalue weighted by atomic mass is 10.2. The quantitative estimate of drug-likeness (QED) is 0.843. The maximum atomic E-state index is 12.1. The first kappa shape index (κ1) is 14.0. The van der Waals surface area contributed by atoms with Gasteiger partial charge in [0.25, 0.3) is 5.91 Å². The smallest absolute Gasteiger partial charge is 0.251 e. The highest BCUT2D eigenvalue weighted by molar-refractivity contribution is 9.10. The molecule has 1 unspecified atom stereocenters. The Hall–Kier alpha value is -1.40. The van der Waals surface area contributed by atoms with Crippen LogP contribution in [0.15, 0.2) is 28.1 Å². The summed E-state index contributed by atoms with van der Waals surface area (Å²) in [6, 6.07) is 5.04. The minimum Gasteiger partial charge on any atom is -0.398 e. The highest BCUT2D eigenvalue weighted by atomic mass is 79.9. The van der Waals surface area contributed by atoms with Gasteiger partial charge in [0.05, 0.1) is 6.04 Å². The van der Waals surface area contributed by atoms with Crippen LogP contribution in [0, 0.1) is 6.92 Å². The molecule has 2 rings (SSSR count). The van der Waals surface area contributed by atoms with Crippen molar-refractivity contribution in [1.82, 2.24) is 10.3 Å². The molecule has 1 aromatic heterocycles. The molecule has 6 heteroatoms. The molecule has 1 amide bonds. The molecule has 0 aliphatic rings. The number of anilines is 1. The summed E-state index contributed by atoms with van der Waals surface area (Å²) < 4.78 is 0.785. The van der Waals surface area contributed by atoms with Gasteiger partial charge in [-0.15, -0.1) is 11.3 Å². The van der Waals surface area contributed by atoms with Crippen LogP contribution in [0.2, 0.25) is 0 Å². The number of nitrogens with zero attached hydrogens (tertiary/aromatic N) is 1. The van der Waals surface area contributed by atoms with Crippen molar-refractivity contribution >= 4 is 38.9 Å². The maximum absolute atomic E-state index is 12.1. The summed E-state index contributed by atoms with van der Waals surface area (Å²) in [5.74, 6) is -0.153. The zero-order chi connectivity index (χ0) is 14.0. The third-order valence-corrected chi connectivity index (χ3v) is 4.48. The summed E-state index contributed by atoms with van der Waals surface area (Å²) in [5, 5.41) is 5.78. The van der Waals surface area contributed by atoms with Crippen molar-refractivity contribution in [3.05, 3.63) is 44.3 Å². The SMILES string of the molecule is Cc1csc(C(C)NC(=O)c2ccc(Br)c(N)c2)n1. The zero-order valence-corrected chi connectivity index (χ0v) is 13.0. The topological polar surface area (TPSA) is 68.0 Å². The van der Waals surface area contributed by atoms with Crippen molar-refractivity contribution in [2.75, 3.05) is 5.73 Å². The molecule has 100 valence electrons. The highest BCUT2D eigenvalue weighted by Crippen LogP contribution is 2.21. The molecule has 4 nitrogen and oxygen atoms in total. The Bertz CT molecular complexity index is 612. The Morgan fingerprint density at radius 3 is 2.84 bits per heavy atom. The number of hydrogen-bond acceptors (Lipinski definition) is 4. The summed E-state index contributed by atoms with van der Waals surface area (Å²) >= 11 is 4.85. The van der Waals surface area contributed by atoms with Gasteiger partial charge in [-0.25, -0.2) is 4.98 Å². The van der Waals surface area contributed by atoms with Gasteiger partial charge in [-0.05, 0) is 48.0 Å². The number of nitrogen functional groups attached to an aromatic ring is 1. The monoisotopic (exact) mass is 339 g/mol. The van der Waals surface area contributed by atoms with E-state index in [0.717, 1.165) is 15.2 Å². The van der Waals surface area contributed by atoms with Crippen LogP contribution in [0.25, 0.3) is 0 Å². The van der Waals surface area contributed by atoms with Gasteiger partial charge < -0.3 is 11.1 Å². The average molecular weight is 340 g/mol. The maximum Gasteiger partial charge on any atom is 0.251 e. The molecule has 0 radical (unpaired) electrons. The van der Waals surface area contributed by atoms with Gasteiger partial charge in [-0.1, -0.05) is 0 Å². The van der Waals surface area contributed by atoms with Gasteiger partial charge in [0.15, 0.2) is 0 Å². The summed E-state index contributed by atoms with van der Waals surface area (Å²) in [7, 11) is 0. The van der Waals surface area contributed by atoms with E-state index >= 15 is 0 Å². The second kappa shape index (κ2) is 5.71. The summed E-state index contributed by atoms with van der Waals surface area (Å²) in [4.78, 5) is 16.5. The van der Waals surface area contributed by atoms with E-state index in [1.165, 1.54) is 0 Å². The molecule has 1 heterocycles. The zero-order valence-electron chi connectivity index (χ0n) is 10.6. The number of carbonyl (C=O) groups excluding carboxylic acids is 1. The van der Waals surface area contributed by atoms with Crippen molar-refractivity contribution in [1.29, 1.82) is 0 Å². The van der Waals surface area contributed by atoms with Crippen LogP contribution < -0.4 is 11.1 Å². The van der Waals surface area contributed by atoms with Gasteiger partial charge in [-0.3, -0.25) is 4.79 Å². The number of halogens is 1. The predicted octanol–water partition coefficient (Wildman–Crippen LogP) is 3.29. The standard InChI is InChI=1S/C13H14BrN3OS/c1-7-6-19-13(16-7)8(2)17-12(18)9-3-4-10(14)11(15)5-9/h3-6,8H,15H2,1-2H3,(H,17,18). The molecular weight excluding hydrogens is 326 g/mol. The van der Waals surface area contributed by atoms with E-state index in [4.69, 9.17) is 5.73 Å². The molecule has 0 spiro atoms. The van der Waals surface area contributed by atoms with Crippen molar-refractivity contribution in [3.8, 4) is 0 Å². The average Bonchev–Trinajstić information content (AvgIpc) is 2.79. The molecule has 0 saturated carbocycles. The largest absolute Gasteiger partial charge is 0.398 e. The number of carbonyl (C=O) groups is 1. The lowest BCUT2D eigenvalue weighted by Crippen LogP contribution is -2.26. The Morgan fingerprint density at radius 2 is 2.26 bits per heavy atom. The fraction of sp³-hybridized carbons (Fsp3) is 0.231. The van der Waals surface area contributed by atoms with Gasteiger partial charge in [-0.2, -0.15) is 0 Å². The summed E-state index contributed by atoms with van der Waals surface area (Å²) in [6.45, 7) is 3.85. The minimum atomic E-state index is -0.153. The van der Waals surface area contributed by atoms with E-state index in [1.807, 2.05) is 19.2 Å². The van der Waals surface area contributed by atoms with Crippen molar-refractivity contribution in [2.24, 2.45) is 0 Å². The van der Waals surface area contributed by atoms with E-state index in [2.05, 4.69) is 26.2 Å². The van der Waals surface area contributed by atoms with Crippen LogP contribution in [0.3, 0.4) is 0 Å². The van der Waals surface area contributed by atoms with Gasteiger partial charge in [0, 0.05) is 26.8 Å². The van der Waals surface area contributed by atoms with E-state index in [9.17, 15) is 4.79 Å². The fourth-order valence-electron chi connectivity index (χ4n) is 1.60. The van der Waals surface area contributed by atoms with Gasteiger partial charge in [0.2, 0.25) is 0 Å². The molecule has 0 fully saturated rings. The number of benzene rings is 1. The second-order valence-corrected chi connectivity index (χ2v) is 6.00. The lowest BCUT2D eigenvalue weighted by Gasteiger charge is -2.11. The van der Waals surface area contributed by atoms with E-state index in [0.29, 0.717) is 11.3 Å². The number of amides is 1. The Balaban J connectivity index is 2.10. The van der Waals surface area contributed by atoms with Crippen LogP contribution >= 0.6 is 27.3 Å². The molecule has 0 aliphatic carbocycles. The second-order valence-electron chi connectivity index (χ2n) is 4.26. The van der Waals surface area contributed by atoms with Crippen molar-refractivity contribution in [3.63, 3.8) is 0 Å². The molecule has 2 aromatic rings. The molecular formula is C13H14BrN3OS. The first-order valence-electron chi connectivity index (χ1n) is 5.75. The van der Waals surface area contributed by atoms with Crippen LogP contribution in [-0.2, 0) is 0 Å². The number of aromatic nitrogens is 1. The first-order valence-corrected chi connectivity index (χ1v) is 7.42. The number of rotatable bonds is 3. The Kier molecular flexibility index (Phi) is 4.21. The molecule has 1 aromatic carbocycles. The third-order valence-electron chi connectivity index (χ3n) is 2.61. The van der Waals surface area contributed by atoms with Crippen LogP contribution in [0.1, 0.15) is 34.0 Å². The molecule has 0 saturated heterocycles. The molecule has 19 heavy (non-hydrogen) atoms. The van der Waals surface area contributed by atoms with Crippen LogP contribution in [-0.4, -0.2) is 10.9 Å². The van der Waals surface area contributed by atoms with Crippen molar-refractivity contribution in [2.45, 2.75) is 19.9 Å². The Labute approximate surface area is 124 Å². The summed E-state index contributed by atoms with van der Waals surface area (Å²) in [6.07, 6.45) is 0. The number of nitrogens with one attached hydrogen (secondary N) is 1. The van der Waals surface area contributed by atoms with E-state index < -0.39 is 0 Å². The molecule has 1 atom stereocenters. The van der Waals surface area contributed by atoms with Crippen LogP contribution in [0.5, 0.6) is 0 Å². The number of hydrogen-bond donors (Lipinski definition) is 2. The third kappa shape index (κ3) is 3.33. The predicted molar refractivity (Wildman–Crippen MR) is 81.3 cm³/mol. The number of nitrogens with two attached hydrogens (primary N) is 1. The Morgan fingerprint density at radius 1 is 1.53 bits per heavy atom. The molecule has 0 aliphatic heterocycles. The fourth-order valence-corrected chi connectivity index (χ4v) is 2.65. The van der Waals surface area contributed by atoms with Gasteiger partial charge in [0.1, 0.15) is 5.01 Å². The number of thiazole rings is 1. The minimum absolute atomic E-state index is 0.115. The lowest BCUT2D eigenvalue weighted by molar-refractivity contribution is 0.0940. The first-order chi connectivity index (χ1) is 8.97. The highest BCUT2D eigenvalue weighted by Gasteiger charge is 2.14. The van der Waals surface area contributed by atoms with Crippen molar-refractivity contribution < 1.29 is 4.79 Å². The van der Waals surface area contributed by atoms with E-state index in [-0.39, 0.29) is 11.9 Å². The molecule has 3 N–H and O–H groups in total. The van der Waals surface area contributed by atoms with E-state index in [1.54, 1.807) is 29.5 Å². The summed E-state index contributed by atoms with van der Waals surface area (Å²) in [5.41, 5.74) is 7.82. The van der Waals surface area contributed by atoms with Gasteiger partial charge >= 0.3 is 0 Å².